The first-order valence-electron chi connectivity index (χ1n) is 9.27. The average Bonchev–Trinajstić information content (AvgIpc) is 2.77. The Bertz CT molecular complexity index is 1040. The Balaban J connectivity index is 1.51. The third kappa shape index (κ3) is 4.87. The van der Waals surface area contributed by atoms with Crippen LogP contribution in [0, 0.1) is 0 Å². The van der Waals surface area contributed by atoms with E-state index in [0.29, 0.717) is 36.9 Å². The standard InChI is InChI=1S/C24H19BrO4/c25-19-8-11-22(29-16-18-4-2-1-3-5-18)20(15-19)21(26)9-6-17-7-10-23-24(14-17)28-13-12-27-23/h1-11,14-15H,12-13,16H2. The highest BCUT2D eigenvalue weighted by Gasteiger charge is 2.13. The van der Waals surface area contributed by atoms with Crippen LogP contribution in [0.1, 0.15) is 21.5 Å². The Morgan fingerprint density at radius 3 is 2.59 bits per heavy atom. The molecule has 4 nitrogen and oxygen atoms in total. The summed E-state index contributed by atoms with van der Waals surface area (Å²) in [5, 5.41) is 0. The largest absolute Gasteiger partial charge is 0.488 e. The molecule has 0 saturated carbocycles. The normalized spacial score (nSPS) is 12.7. The van der Waals surface area contributed by atoms with Crippen molar-refractivity contribution in [3.8, 4) is 17.2 Å². The van der Waals surface area contributed by atoms with Crippen LogP contribution in [0.15, 0.2) is 77.3 Å². The molecular formula is C24H19BrO4. The lowest BCUT2D eigenvalue weighted by atomic mass is 10.1. The molecule has 3 aromatic rings. The molecule has 0 bridgehead atoms. The van der Waals surface area contributed by atoms with E-state index in [4.69, 9.17) is 14.2 Å². The maximum Gasteiger partial charge on any atom is 0.189 e. The lowest BCUT2D eigenvalue weighted by molar-refractivity contribution is 0.104. The Morgan fingerprint density at radius 1 is 0.966 bits per heavy atom. The molecule has 0 unspecified atom stereocenters. The number of carbonyl (C=O) groups excluding carboxylic acids is 1. The summed E-state index contributed by atoms with van der Waals surface area (Å²) in [5.41, 5.74) is 2.41. The van der Waals surface area contributed by atoms with Gasteiger partial charge in [0.2, 0.25) is 0 Å². The molecule has 0 radical (unpaired) electrons. The van der Waals surface area contributed by atoms with Gasteiger partial charge in [0.1, 0.15) is 25.6 Å². The zero-order chi connectivity index (χ0) is 20.1. The van der Waals surface area contributed by atoms with Crippen LogP contribution in [0.25, 0.3) is 6.08 Å². The van der Waals surface area contributed by atoms with E-state index in [1.54, 1.807) is 24.3 Å². The van der Waals surface area contributed by atoms with Gasteiger partial charge in [-0.1, -0.05) is 58.4 Å². The van der Waals surface area contributed by atoms with Gasteiger partial charge >= 0.3 is 0 Å². The molecule has 0 atom stereocenters. The molecule has 0 N–H and O–H groups in total. The van der Waals surface area contributed by atoms with Gasteiger partial charge in [0.05, 0.1) is 5.56 Å². The van der Waals surface area contributed by atoms with Gasteiger partial charge in [0, 0.05) is 4.47 Å². The molecular weight excluding hydrogens is 432 g/mol. The minimum absolute atomic E-state index is 0.135. The van der Waals surface area contributed by atoms with Crippen LogP contribution in [-0.2, 0) is 6.61 Å². The van der Waals surface area contributed by atoms with Crippen molar-refractivity contribution in [1.82, 2.24) is 0 Å². The molecule has 1 aliphatic heterocycles. The molecule has 0 fully saturated rings. The van der Waals surface area contributed by atoms with Crippen molar-refractivity contribution in [2.45, 2.75) is 6.61 Å². The number of ketones is 1. The lowest BCUT2D eigenvalue weighted by Gasteiger charge is -2.18. The number of benzene rings is 3. The fraction of sp³-hybridized carbons (Fsp3) is 0.125. The molecule has 1 aliphatic rings. The first-order chi connectivity index (χ1) is 14.2. The minimum atomic E-state index is -0.135. The molecule has 0 spiro atoms. The van der Waals surface area contributed by atoms with Crippen molar-refractivity contribution in [3.05, 3.63) is 94.0 Å². The van der Waals surface area contributed by atoms with Crippen LogP contribution < -0.4 is 14.2 Å². The molecule has 4 rings (SSSR count). The lowest BCUT2D eigenvalue weighted by Crippen LogP contribution is -2.15. The molecule has 3 aromatic carbocycles. The summed E-state index contributed by atoms with van der Waals surface area (Å²) in [5.74, 6) is 1.83. The summed E-state index contributed by atoms with van der Waals surface area (Å²) in [7, 11) is 0. The predicted octanol–water partition coefficient (Wildman–Crippen LogP) is 5.70. The maximum atomic E-state index is 12.8. The number of ether oxygens (including phenoxy) is 3. The fourth-order valence-electron chi connectivity index (χ4n) is 2.98. The minimum Gasteiger partial charge on any atom is -0.488 e. The summed E-state index contributed by atoms with van der Waals surface area (Å²) in [4.78, 5) is 12.8. The summed E-state index contributed by atoms with van der Waals surface area (Å²) in [6.45, 7) is 1.48. The number of carbonyl (C=O) groups is 1. The van der Waals surface area contributed by atoms with Gasteiger partial charge in [-0.25, -0.2) is 0 Å². The summed E-state index contributed by atoms with van der Waals surface area (Å²) < 4.78 is 17.9. The van der Waals surface area contributed by atoms with Crippen molar-refractivity contribution in [3.63, 3.8) is 0 Å². The van der Waals surface area contributed by atoms with Crippen molar-refractivity contribution >= 4 is 27.8 Å². The van der Waals surface area contributed by atoms with Crippen LogP contribution in [0.3, 0.4) is 0 Å². The van der Waals surface area contributed by atoms with Crippen molar-refractivity contribution in [1.29, 1.82) is 0 Å². The second kappa shape index (κ2) is 8.97. The fourth-order valence-corrected chi connectivity index (χ4v) is 3.34. The van der Waals surface area contributed by atoms with E-state index in [2.05, 4.69) is 15.9 Å². The third-order valence-corrected chi connectivity index (χ3v) is 4.93. The quantitative estimate of drug-likeness (QED) is 0.357. The first kappa shape index (κ1) is 19.3. The van der Waals surface area contributed by atoms with Crippen molar-refractivity contribution in [2.24, 2.45) is 0 Å². The van der Waals surface area contributed by atoms with Gasteiger partial charge in [0.25, 0.3) is 0 Å². The Hall–Kier alpha value is -3.05. The van der Waals surface area contributed by atoms with E-state index in [-0.39, 0.29) is 5.78 Å². The highest BCUT2D eigenvalue weighted by molar-refractivity contribution is 9.10. The van der Waals surface area contributed by atoms with E-state index in [9.17, 15) is 4.79 Å². The van der Waals surface area contributed by atoms with E-state index >= 15 is 0 Å². The molecule has 146 valence electrons. The molecule has 0 aliphatic carbocycles. The van der Waals surface area contributed by atoms with E-state index < -0.39 is 0 Å². The van der Waals surface area contributed by atoms with Gasteiger partial charge in [-0.15, -0.1) is 0 Å². The van der Waals surface area contributed by atoms with Gasteiger partial charge in [-0.3, -0.25) is 4.79 Å². The van der Waals surface area contributed by atoms with Gasteiger partial charge in [-0.05, 0) is 47.5 Å². The Labute approximate surface area is 177 Å². The molecule has 0 aromatic heterocycles. The SMILES string of the molecule is O=C(C=Cc1ccc2c(c1)OCCO2)c1cc(Br)ccc1OCc1ccccc1. The molecule has 5 heteroatoms. The van der Waals surface area contributed by atoms with Crippen molar-refractivity contribution in [2.75, 3.05) is 13.2 Å². The van der Waals surface area contributed by atoms with Crippen LogP contribution >= 0.6 is 15.9 Å². The Kier molecular flexibility index (Phi) is 5.96. The molecule has 29 heavy (non-hydrogen) atoms. The first-order valence-corrected chi connectivity index (χ1v) is 10.1. The van der Waals surface area contributed by atoms with Crippen LogP contribution in [-0.4, -0.2) is 19.0 Å². The topological polar surface area (TPSA) is 44.8 Å². The van der Waals surface area contributed by atoms with Crippen LogP contribution in [0.5, 0.6) is 17.2 Å². The van der Waals surface area contributed by atoms with Crippen molar-refractivity contribution < 1.29 is 19.0 Å². The number of fused-ring (bicyclic) bond motifs is 1. The molecule has 1 heterocycles. The van der Waals surface area contributed by atoms with Gasteiger partial charge in [-0.2, -0.15) is 0 Å². The number of rotatable bonds is 6. The number of hydrogen-bond donors (Lipinski definition) is 0. The monoisotopic (exact) mass is 450 g/mol. The van der Waals surface area contributed by atoms with E-state index in [0.717, 1.165) is 21.3 Å². The number of allylic oxidation sites excluding steroid dienone is 1. The van der Waals surface area contributed by atoms with Gasteiger partial charge in [0.15, 0.2) is 17.3 Å². The number of hydrogen-bond acceptors (Lipinski definition) is 4. The summed E-state index contributed by atoms with van der Waals surface area (Å²) in [6, 6.07) is 20.9. The zero-order valence-corrected chi connectivity index (χ0v) is 17.2. The number of halogens is 1. The maximum absolute atomic E-state index is 12.8. The summed E-state index contributed by atoms with van der Waals surface area (Å²) in [6.07, 6.45) is 3.31. The predicted molar refractivity (Wildman–Crippen MR) is 116 cm³/mol. The average molecular weight is 451 g/mol. The second-order valence-electron chi connectivity index (χ2n) is 6.52. The van der Waals surface area contributed by atoms with Crippen LogP contribution in [0.4, 0.5) is 0 Å². The third-order valence-electron chi connectivity index (χ3n) is 4.44. The van der Waals surface area contributed by atoms with E-state index in [1.807, 2.05) is 54.6 Å². The Morgan fingerprint density at radius 2 is 1.76 bits per heavy atom. The molecule has 0 saturated heterocycles. The van der Waals surface area contributed by atoms with Gasteiger partial charge < -0.3 is 14.2 Å². The zero-order valence-electron chi connectivity index (χ0n) is 15.6. The highest BCUT2D eigenvalue weighted by atomic mass is 79.9. The molecule has 0 amide bonds. The van der Waals surface area contributed by atoms with E-state index in [1.165, 1.54) is 0 Å². The second-order valence-corrected chi connectivity index (χ2v) is 7.43. The highest BCUT2D eigenvalue weighted by Crippen LogP contribution is 2.31. The van der Waals surface area contributed by atoms with Crippen LogP contribution in [0.2, 0.25) is 0 Å². The smallest absolute Gasteiger partial charge is 0.189 e. The summed E-state index contributed by atoms with van der Waals surface area (Å²) >= 11 is 3.44.